The Morgan fingerprint density at radius 2 is 0.958 bits per heavy atom. The molecule has 0 atom stereocenters. The molecule has 0 aromatic heterocycles. The van der Waals surface area contributed by atoms with Gasteiger partial charge in [0, 0.05) is 0 Å². The standard InChI is InChI=1S/C24H18/c1-3-7-19-15(5-1)13-17-9-10-18-14-16-6-2-4-8-20(16)22-12-11-21(19)23(17)24(18)22/h1-8,13-14H,9-12H2. The van der Waals surface area contributed by atoms with Gasteiger partial charge in [0.1, 0.15) is 0 Å². The largest absolute Gasteiger partial charge is 0.0616 e. The van der Waals surface area contributed by atoms with Gasteiger partial charge in [0.25, 0.3) is 0 Å². The normalized spacial score (nSPS) is 14.8. The van der Waals surface area contributed by atoms with Crippen molar-refractivity contribution in [1.82, 2.24) is 0 Å². The SMILES string of the molecule is c1ccc2c3c4c(cc2c1)CCc1cc2ccccc2c(c1-4)CC3. The van der Waals surface area contributed by atoms with Crippen molar-refractivity contribution < 1.29 is 0 Å². The zero-order valence-corrected chi connectivity index (χ0v) is 13.6. The molecule has 0 aliphatic heterocycles. The van der Waals surface area contributed by atoms with Crippen molar-refractivity contribution in [2.75, 3.05) is 0 Å². The summed E-state index contributed by atoms with van der Waals surface area (Å²) in [5.41, 5.74) is 9.45. The smallest absolute Gasteiger partial charge is 0.0107 e. The van der Waals surface area contributed by atoms with Crippen LogP contribution in [0.3, 0.4) is 0 Å². The van der Waals surface area contributed by atoms with Gasteiger partial charge in [0.15, 0.2) is 0 Å². The van der Waals surface area contributed by atoms with Crippen LogP contribution >= 0.6 is 0 Å². The zero-order valence-electron chi connectivity index (χ0n) is 13.6. The van der Waals surface area contributed by atoms with E-state index in [1.165, 1.54) is 47.2 Å². The molecular weight excluding hydrogens is 288 g/mol. The van der Waals surface area contributed by atoms with E-state index in [1.807, 2.05) is 0 Å². The lowest BCUT2D eigenvalue weighted by molar-refractivity contribution is 0.890. The summed E-state index contributed by atoms with van der Waals surface area (Å²) in [6.07, 6.45) is 4.70. The molecule has 0 saturated heterocycles. The Bertz CT molecular complexity index is 1050. The molecule has 2 aliphatic rings. The summed E-state index contributed by atoms with van der Waals surface area (Å²) in [6.45, 7) is 0. The van der Waals surface area contributed by atoms with Crippen molar-refractivity contribution in [2.24, 2.45) is 0 Å². The summed E-state index contributed by atoms with van der Waals surface area (Å²) < 4.78 is 0. The van der Waals surface area contributed by atoms with E-state index in [0.29, 0.717) is 0 Å². The first kappa shape index (κ1) is 12.8. The lowest BCUT2D eigenvalue weighted by Crippen LogP contribution is -2.15. The Morgan fingerprint density at radius 1 is 0.500 bits per heavy atom. The Morgan fingerprint density at radius 3 is 1.46 bits per heavy atom. The van der Waals surface area contributed by atoms with Crippen LogP contribution in [0.15, 0.2) is 60.7 Å². The number of fused-ring (bicyclic) bond motifs is 4. The highest BCUT2D eigenvalue weighted by atomic mass is 14.3. The van der Waals surface area contributed by atoms with Gasteiger partial charge in [-0.05, 0) is 80.6 Å². The third kappa shape index (κ3) is 1.54. The highest BCUT2D eigenvalue weighted by Crippen LogP contribution is 2.47. The van der Waals surface area contributed by atoms with Crippen LogP contribution in [0.2, 0.25) is 0 Å². The third-order valence-electron chi connectivity index (χ3n) is 6.02. The molecule has 2 aliphatic carbocycles. The monoisotopic (exact) mass is 306 g/mol. The third-order valence-corrected chi connectivity index (χ3v) is 6.02. The van der Waals surface area contributed by atoms with Gasteiger partial charge in [-0.15, -0.1) is 0 Å². The molecule has 24 heavy (non-hydrogen) atoms. The second kappa shape index (κ2) is 4.48. The number of hydrogen-bond acceptors (Lipinski definition) is 0. The minimum atomic E-state index is 1.17. The van der Waals surface area contributed by atoms with Crippen molar-refractivity contribution in [3.63, 3.8) is 0 Å². The van der Waals surface area contributed by atoms with Crippen LogP contribution in [-0.4, -0.2) is 0 Å². The Balaban J connectivity index is 1.81. The van der Waals surface area contributed by atoms with E-state index in [-0.39, 0.29) is 0 Å². The fraction of sp³-hybridized carbons (Fsp3) is 0.167. The van der Waals surface area contributed by atoms with E-state index in [4.69, 9.17) is 0 Å². The van der Waals surface area contributed by atoms with Crippen LogP contribution in [0.4, 0.5) is 0 Å². The van der Waals surface area contributed by atoms with Gasteiger partial charge in [-0.3, -0.25) is 0 Å². The summed E-state index contributed by atoms with van der Waals surface area (Å²) in [7, 11) is 0. The van der Waals surface area contributed by atoms with E-state index in [0.717, 1.165) is 0 Å². The second-order valence-corrected chi connectivity index (χ2v) is 7.22. The molecule has 0 fully saturated rings. The number of aryl methyl sites for hydroxylation is 4. The molecule has 0 amide bonds. The minimum absolute atomic E-state index is 1.17. The first-order valence-corrected chi connectivity index (χ1v) is 8.97. The second-order valence-electron chi connectivity index (χ2n) is 7.22. The Hall–Kier alpha value is -2.60. The molecule has 0 N–H and O–H groups in total. The van der Waals surface area contributed by atoms with E-state index >= 15 is 0 Å². The fourth-order valence-corrected chi connectivity index (χ4v) is 5.03. The topological polar surface area (TPSA) is 0 Å². The van der Waals surface area contributed by atoms with Gasteiger partial charge in [0.2, 0.25) is 0 Å². The number of benzene rings is 4. The summed E-state index contributed by atoms with van der Waals surface area (Å²) in [6, 6.07) is 22.8. The van der Waals surface area contributed by atoms with Crippen LogP contribution in [-0.2, 0) is 25.7 Å². The predicted molar refractivity (Wildman–Crippen MR) is 102 cm³/mol. The van der Waals surface area contributed by atoms with E-state index in [2.05, 4.69) is 60.7 Å². The molecule has 4 aromatic carbocycles. The Labute approximate surface area is 141 Å². The minimum Gasteiger partial charge on any atom is -0.0616 e. The molecule has 0 heterocycles. The maximum absolute atomic E-state index is 2.45. The summed E-state index contributed by atoms with van der Waals surface area (Å²) >= 11 is 0. The van der Waals surface area contributed by atoms with Gasteiger partial charge < -0.3 is 0 Å². The van der Waals surface area contributed by atoms with Crippen LogP contribution < -0.4 is 0 Å². The van der Waals surface area contributed by atoms with Gasteiger partial charge in [0.05, 0.1) is 0 Å². The van der Waals surface area contributed by atoms with Crippen molar-refractivity contribution >= 4 is 21.5 Å². The van der Waals surface area contributed by atoms with Crippen LogP contribution in [0, 0.1) is 0 Å². The van der Waals surface area contributed by atoms with Gasteiger partial charge in [-0.1, -0.05) is 60.7 Å². The molecule has 0 bridgehead atoms. The molecule has 114 valence electrons. The molecule has 0 nitrogen and oxygen atoms in total. The summed E-state index contributed by atoms with van der Waals surface area (Å²) in [5, 5.41) is 5.75. The summed E-state index contributed by atoms with van der Waals surface area (Å²) in [5.74, 6) is 0. The average Bonchev–Trinajstić information content (AvgIpc) is 2.65. The number of hydrogen-bond donors (Lipinski definition) is 0. The highest BCUT2D eigenvalue weighted by Gasteiger charge is 2.28. The average molecular weight is 306 g/mol. The van der Waals surface area contributed by atoms with Crippen LogP contribution in [0.5, 0.6) is 0 Å². The predicted octanol–water partition coefficient (Wildman–Crippen LogP) is 5.86. The lowest BCUT2D eigenvalue weighted by Gasteiger charge is -2.31. The maximum atomic E-state index is 2.45. The van der Waals surface area contributed by atoms with E-state index in [9.17, 15) is 0 Å². The maximum Gasteiger partial charge on any atom is -0.0107 e. The van der Waals surface area contributed by atoms with Crippen molar-refractivity contribution in [3.8, 4) is 11.1 Å². The first-order valence-electron chi connectivity index (χ1n) is 8.97. The molecule has 0 spiro atoms. The zero-order chi connectivity index (χ0) is 15.7. The number of rotatable bonds is 0. The molecule has 0 unspecified atom stereocenters. The molecule has 0 radical (unpaired) electrons. The molecule has 6 rings (SSSR count). The summed E-state index contributed by atoms with van der Waals surface area (Å²) in [4.78, 5) is 0. The van der Waals surface area contributed by atoms with Crippen LogP contribution in [0.25, 0.3) is 32.7 Å². The molecule has 0 saturated carbocycles. The van der Waals surface area contributed by atoms with Gasteiger partial charge >= 0.3 is 0 Å². The lowest BCUT2D eigenvalue weighted by atomic mass is 9.72. The fourth-order valence-electron chi connectivity index (χ4n) is 5.03. The Kier molecular flexibility index (Phi) is 2.38. The van der Waals surface area contributed by atoms with Crippen molar-refractivity contribution in [1.29, 1.82) is 0 Å². The molecular formula is C24H18. The van der Waals surface area contributed by atoms with Crippen LogP contribution in [0.1, 0.15) is 22.3 Å². The quantitative estimate of drug-likeness (QED) is 0.382. The van der Waals surface area contributed by atoms with Crippen molar-refractivity contribution in [3.05, 3.63) is 82.9 Å². The van der Waals surface area contributed by atoms with E-state index < -0.39 is 0 Å². The first-order chi connectivity index (χ1) is 11.9. The van der Waals surface area contributed by atoms with Gasteiger partial charge in [-0.2, -0.15) is 0 Å². The van der Waals surface area contributed by atoms with Crippen molar-refractivity contribution in [2.45, 2.75) is 25.7 Å². The molecule has 4 aromatic rings. The van der Waals surface area contributed by atoms with Gasteiger partial charge in [-0.25, -0.2) is 0 Å². The highest BCUT2D eigenvalue weighted by molar-refractivity contribution is 6.01. The van der Waals surface area contributed by atoms with E-state index in [1.54, 1.807) is 33.4 Å². The molecule has 0 heteroatoms.